The van der Waals surface area contributed by atoms with E-state index in [1.54, 1.807) is 0 Å². The molecule has 0 unspecified atom stereocenters. The van der Waals surface area contributed by atoms with Crippen molar-refractivity contribution in [1.29, 1.82) is 0 Å². The molecule has 1 N–H and O–H groups in total. The Labute approximate surface area is 110 Å². The van der Waals surface area contributed by atoms with E-state index >= 15 is 0 Å². The largest absolute Gasteiger partial charge is 0.370 e. The molecule has 0 bridgehead atoms. The van der Waals surface area contributed by atoms with Gasteiger partial charge in [0.25, 0.3) is 0 Å². The molecule has 1 aliphatic rings. The highest BCUT2D eigenvalue weighted by molar-refractivity contribution is 5.44. The van der Waals surface area contributed by atoms with E-state index in [2.05, 4.69) is 23.3 Å². The van der Waals surface area contributed by atoms with Crippen LogP contribution < -0.4 is 10.2 Å². The van der Waals surface area contributed by atoms with Crippen LogP contribution in [0.5, 0.6) is 0 Å². The van der Waals surface area contributed by atoms with Crippen LogP contribution in [-0.2, 0) is 0 Å². The lowest BCUT2D eigenvalue weighted by molar-refractivity contribution is 0.692. The molecule has 4 heteroatoms. The summed E-state index contributed by atoms with van der Waals surface area (Å²) in [5.41, 5.74) is 1.21. The van der Waals surface area contributed by atoms with Crippen molar-refractivity contribution in [1.82, 2.24) is 9.97 Å². The van der Waals surface area contributed by atoms with Crippen LogP contribution in [0.1, 0.15) is 50.6 Å². The predicted molar refractivity (Wildman–Crippen MR) is 76.3 cm³/mol. The summed E-state index contributed by atoms with van der Waals surface area (Å²) in [5.74, 6) is 2.42. The molecule has 1 saturated carbocycles. The van der Waals surface area contributed by atoms with Gasteiger partial charge in [0.2, 0.25) is 5.95 Å². The summed E-state index contributed by atoms with van der Waals surface area (Å²) in [4.78, 5) is 11.2. The normalized spacial score (nSPS) is 15.9. The number of rotatable bonds is 5. The van der Waals surface area contributed by atoms with Gasteiger partial charge in [-0.25, -0.2) is 4.98 Å². The van der Waals surface area contributed by atoms with E-state index in [0.717, 1.165) is 24.7 Å². The molecular weight excluding hydrogens is 224 g/mol. The molecule has 0 spiro atoms. The highest BCUT2D eigenvalue weighted by atomic mass is 15.2. The molecule has 0 aliphatic heterocycles. The van der Waals surface area contributed by atoms with Crippen molar-refractivity contribution < 1.29 is 0 Å². The van der Waals surface area contributed by atoms with Gasteiger partial charge in [-0.1, -0.05) is 19.8 Å². The summed E-state index contributed by atoms with van der Waals surface area (Å²) in [6.07, 6.45) is 6.33. The fraction of sp³-hybridized carbons (Fsp3) is 0.714. The monoisotopic (exact) mass is 248 g/mol. The first-order valence-electron chi connectivity index (χ1n) is 7.01. The summed E-state index contributed by atoms with van der Waals surface area (Å²) in [7, 11) is 3.99. The third-order valence-corrected chi connectivity index (χ3v) is 3.46. The van der Waals surface area contributed by atoms with Crippen LogP contribution in [0.15, 0.2) is 6.07 Å². The van der Waals surface area contributed by atoms with Gasteiger partial charge in [-0.2, -0.15) is 4.98 Å². The Bertz CT molecular complexity index is 383. The molecule has 0 radical (unpaired) electrons. The third-order valence-electron chi connectivity index (χ3n) is 3.46. The molecule has 0 atom stereocenters. The van der Waals surface area contributed by atoms with Crippen molar-refractivity contribution in [2.45, 2.75) is 44.9 Å². The van der Waals surface area contributed by atoms with Gasteiger partial charge in [-0.3, -0.25) is 0 Å². The minimum absolute atomic E-state index is 0.633. The molecule has 1 heterocycles. The van der Waals surface area contributed by atoms with Gasteiger partial charge in [-0.15, -0.1) is 0 Å². The Morgan fingerprint density at radius 3 is 2.61 bits per heavy atom. The first-order chi connectivity index (χ1) is 8.70. The number of aromatic nitrogens is 2. The standard InChI is InChI=1S/C14H24N4/c1-4-9-15-13-10-12(11-7-5-6-8-11)16-14(17-13)18(2)3/h10-11H,4-9H2,1-3H3,(H,15,16,17). The highest BCUT2D eigenvalue weighted by Crippen LogP contribution is 2.34. The predicted octanol–water partition coefficient (Wildman–Crippen LogP) is 3.02. The van der Waals surface area contributed by atoms with Crippen molar-refractivity contribution in [2.75, 3.05) is 30.9 Å². The number of hydrogen-bond donors (Lipinski definition) is 1. The van der Waals surface area contributed by atoms with Crippen molar-refractivity contribution >= 4 is 11.8 Å². The molecule has 1 fully saturated rings. The van der Waals surface area contributed by atoms with E-state index in [9.17, 15) is 0 Å². The van der Waals surface area contributed by atoms with Crippen LogP contribution in [0, 0.1) is 0 Å². The van der Waals surface area contributed by atoms with Crippen LogP contribution in [0.2, 0.25) is 0 Å². The molecule has 18 heavy (non-hydrogen) atoms. The van der Waals surface area contributed by atoms with Gasteiger partial charge < -0.3 is 10.2 Å². The molecule has 1 aromatic rings. The second kappa shape index (κ2) is 6.03. The van der Waals surface area contributed by atoms with E-state index in [0.29, 0.717) is 5.92 Å². The molecule has 0 saturated heterocycles. The molecule has 1 aliphatic carbocycles. The van der Waals surface area contributed by atoms with E-state index < -0.39 is 0 Å². The van der Waals surface area contributed by atoms with Crippen LogP contribution in [-0.4, -0.2) is 30.6 Å². The Morgan fingerprint density at radius 2 is 2.00 bits per heavy atom. The van der Waals surface area contributed by atoms with Crippen molar-refractivity contribution in [3.05, 3.63) is 11.8 Å². The second-order valence-corrected chi connectivity index (χ2v) is 5.28. The lowest BCUT2D eigenvalue weighted by atomic mass is 10.0. The lowest BCUT2D eigenvalue weighted by Gasteiger charge is -2.16. The maximum atomic E-state index is 4.70. The second-order valence-electron chi connectivity index (χ2n) is 5.28. The SMILES string of the molecule is CCCNc1cc(C2CCCC2)nc(N(C)C)n1. The summed E-state index contributed by atoms with van der Waals surface area (Å²) < 4.78 is 0. The molecule has 0 amide bonds. The zero-order chi connectivity index (χ0) is 13.0. The maximum Gasteiger partial charge on any atom is 0.227 e. The zero-order valence-corrected chi connectivity index (χ0v) is 11.7. The molecule has 4 nitrogen and oxygen atoms in total. The Balaban J connectivity index is 2.23. The summed E-state index contributed by atoms with van der Waals surface area (Å²) in [6.45, 7) is 3.13. The van der Waals surface area contributed by atoms with Crippen molar-refractivity contribution in [3.63, 3.8) is 0 Å². The van der Waals surface area contributed by atoms with Gasteiger partial charge in [0.05, 0.1) is 5.69 Å². The average Bonchev–Trinajstić information content (AvgIpc) is 2.89. The summed E-state index contributed by atoms with van der Waals surface area (Å²) in [6, 6.07) is 2.14. The number of nitrogens with zero attached hydrogens (tertiary/aromatic N) is 3. The molecule has 100 valence electrons. The van der Waals surface area contributed by atoms with Gasteiger partial charge in [-0.05, 0) is 19.3 Å². The van der Waals surface area contributed by atoms with Gasteiger partial charge >= 0.3 is 0 Å². The Morgan fingerprint density at radius 1 is 1.28 bits per heavy atom. The number of hydrogen-bond acceptors (Lipinski definition) is 4. The topological polar surface area (TPSA) is 41.1 Å². The number of anilines is 2. The minimum atomic E-state index is 0.633. The van der Waals surface area contributed by atoms with E-state index in [1.165, 1.54) is 31.4 Å². The van der Waals surface area contributed by atoms with Crippen LogP contribution in [0.4, 0.5) is 11.8 Å². The van der Waals surface area contributed by atoms with Gasteiger partial charge in [0.15, 0.2) is 0 Å². The Hall–Kier alpha value is -1.32. The van der Waals surface area contributed by atoms with Crippen molar-refractivity contribution in [2.24, 2.45) is 0 Å². The van der Waals surface area contributed by atoms with Crippen LogP contribution >= 0.6 is 0 Å². The highest BCUT2D eigenvalue weighted by Gasteiger charge is 2.20. The smallest absolute Gasteiger partial charge is 0.227 e. The average molecular weight is 248 g/mol. The van der Waals surface area contributed by atoms with Crippen molar-refractivity contribution in [3.8, 4) is 0 Å². The minimum Gasteiger partial charge on any atom is -0.370 e. The van der Waals surface area contributed by atoms with Crippen LogP contribution in [0.25, 0.3) is 0 Å². The van der Waals surface area contributed by atoms with E-state index in [4.69, 9.17) is 4.98 Å². The first kappa shape index (κ1) is 13.1. The lowest BCUT2D eigenvalue weighted by Crippen LogP contribution is -2.16. The first-order valence-corrected chi connectivity index (χ1v) is 7.01. The summed E-state index contributed by atoms with van der Waals surface area (Å²) >= 11 is 0. The molecule has 1 aromatic heterocycles. The molecular formula is C14H24N4. The Kier molecular flexibility index (Phi) is 4.39. The van der Waals surface area contributed by atoms with Gasteiger partial charge in [0.1, 0.15) is 5.82 Å². The fourth-order valence-corrected chi connectivity index (χ4v) is 2.43. The van der Waals surface area contributed by atoms with Crippen LogP contribution in [0.3, 0.4) is 0 Å². The third kappa shape index (κ3) is 3.12. The summed E-state index contributed by atoms with van der Waals surface area (Å²) in [5, 5.41) is 3.38. The number of nitrogens with one attached hydrogen (secondary N) is 1. The quantitative estimate of drug-likeness (QED) is 0.869. The zero-order valence-electron chi connectivity index (χ0n) is 11.7. The van der Waals surface area contributed by atoms with E-state index in [-0.39, 0.29) is 0 Å². The van der Waals surface area contributed by atoms with Gasteiger partial charge in [0, 0.05) is 32.6 Å². The maximum absolute atomic E-state index is 4.70. The molecule has 2 rings (SSSR count). The fourth-order valence-electron chi connectivity index (χ4n) is 2.43. The molecule has 0 aromatic carbocycles. The van der Waals surface area contributed by atoms with E-state index in [1.807, 2.05) is 19.0 Å².